The van der Waals surface area contributed by atoms with Crippen LogP contribution in [0.2, 0.25) is 0 Å². The van der Waals surface area contributed by atoms with Crippen LogP contribution in [0.25, 0.3) is 6.08 Å². The minimum Gasteiger partial charge on any atom is -0.497 e. The average Bonchev–Trinajstić information content (AvgIpc) is 2.65. The normalized spacial score (nSPS) is 12.0. The maximum Gasteiger partial charge on any atom is 0.248 e. The van der Waals surface area contributed by atoms with Crippen LogP contribution in [0.15, 0.2) is 48.5 Å². The molecule has 2 aromatic carbocycles. The number of carbonyl (C=O) groups is 1. The Kier molecular flexibility index (Phi) is 6.63. The van der Waals surface area contributed by atoms with Gasteiger partial charge in [0.1, 0.15) is 11.5 Å². The van der Waals surface area contributed by atoms with Gasteiger partial charge in [0.15, 0.2) is 0 Å². The van der Waals surface area contributed by atoms with Gasteiger partial charge >= 0.3 is 0 Å². The molecule has 0 bridgehead atoms. The summed E-state index contributed by atoms with van der Waals surface area (Å²) in [6.45, 7) is 4.29. The van der Waals surface area contributed by atoms with Crippen molar-refractivity contribution in [1.29, 1.82) is 0 Å². The molecule has 2 rings (SSSR count). The molecule has 0 saturated carbocycles. The maximum absolute atomic E-state index is 12.3. The molecule has 0 aliphatic heterocycles. The zero-order chi connectivity index (χ0) is 18.2. The molecule has 1 atom stereocenters. The first-order valence-electron chi connectivity index (χ1n) is 8.39. The second-order valence-electron chi connectivity index (χ2n) is 5.83. The molecule has 2 aromatic rings. The summed E-state index contributed by atoms with van der Waals surface area (Å²) in [6.07, 6.45) is 4.25. The highest BCUT2D eigenvalue weighted by Gasteiger charge is 2.10. The number of nitrogens with one attached hydrogen (secondary N) is 1. The highest BCUT2D eigenvalue weighted by atomic mass is 16.5. The second-order valence-corrected chi connectivity index (χ2v) is 5.83. The van der Waals surface area contributed by atoms with Gasteiger partial charge < -0.3 is 14.8 Å². The molecule has 1 amide bonds. The summed E-state index contributed by atoms with van der Waals surface area (Å²) in [7, 11) is 3.20. The number of benzene rings is 2. The van der Waals surface area contributed by atoms with Crippen LogP contribution >= 0.6 is 0 Å². The van der Waals surface area contributed by atoms with Gasteiger partial charge in [-0.05, 0) is 48.2 Å². The summed E-state index contributed by atoms with van der Waals surface area (Å²) >= 11 is 0. The Balaban J connectivity index is 2.17. The van der Waals surface area contributed by atoms with Gasteiger partial charge in [-0.3, -0.25) is 4.79 Å². The van der Waals surface area contributed by atoms with Crippen molar-refractivity contribution in [2.75, 3.05) is 19.5 Å². The highest BCUT2D eigenvalue weighted by molar-refractivity contribution is 6.02. The van der Waals surface area contributed by atoms with Crippen LogP contribution in [-0.2, 0) is 4.79 Å². The van der Waals surface area contributed by atoms with E-state index >= 15 is 0 Å². The van der Waals surface area contributed by atoms with Crippen LogP contribution in [-0.4, -0.2) is 20.1 Å². The van der Waals surface area contributed by atoms with Gasteiger partial charge in [0.05, 0.1) is 14.2 Å². The molecule has 0 saturated heterocycles. The lowest BCUT2D eigenvalue weighted by atomic mass is 9.97. The van der Waals surface area contributed by atoms with Gasteiger partial charge in [-0.1, -0.05) is 32.0 Å². The van der Waals surface area contributed by atoms with Crippen LogP contribution in [0.3, 0.4) is 0 Å². The number of hydrogen-bond acceptors (Lipinski definition) is 3. The Morgan fingerprint density at radius 3 is 2.60 bits per heavy atom. The summed E-state index contributed by atoms with van der Waals surface area (Å²) in [6, 6.07) is 13.4. The number of hydrogen-bond donors (Lipinski definition) is 1. The van der Waals surface area contributed by atoms with Gasteiger partial charge in [-0.2, -0.15) is 0 Å². The second kappa shape index (κ2) is 8.92. The third-order valence-electron chi connectivity index (χ3n) is 4.21. The monoisotopic (exact) mass is 339 g/mol. The molecule has 132 valence electrons. The molecule has 0 aliphatic rings. The Morgan fingerprint density at radius 2 is 1.92 bits per heavy atom. The molecule has 0 aliphatic carbocycles. The molecule has 25 heavy (non-hydrogen) atoms. The first-order chi connectivity index (χ1) is 12.1. The van der Waals surface area contributed by atoms with Crippen molar-refractivity contribution in [2.45, 2.75) is 26.2 Å². The Hall–Kier alpha value is -2.75. The minimum absolute atomic E-state index is 0.180. The molecule has 0 aromatic heterocycles. The number of amides is 1. The molecule has 0 radical (unpaired) electrons. The van der Waals surface area contributed by atoms with E-state index < -0.39 is 0 Å². The Labute approximate surface area is 149 Å². The number of para-hydroxylation sites is 1. The molecule has 0 heterocycles. The van der Waals surface area contributed by atoms with E-state index in [-0.39, 0.29) is 5.91 Å². The summed E-state index contributed by atoms with van der Waals surface area (Å²) < 4.78 is 10.5. The van der Waals surface area contributed by atoms with Crippen molar-refractivity contribution in [1.82, 2.24) is 0 Å². The SMILES string of the molecule is CCC(C)c1ccccc1NC(=O)/C=C/c1cc(OC)ccc1OC. The van der Waals surface area contributed by atoms with Gasteiger partial charge in [-0.25, -0.2) is 0 Å². The summed E-state index contributed by atoms with van der Waals surface area (Å²) in [4.78, 5) is 12.3. The number of methoxy groups -OCH3 is 2. The standard InChI is InChI=1S/C21H25NO3/c1-5-15(2)18-8-6-7-9-19(18)22-21(23)13-10-16-14-17(24-3)11-12-20(16)25-4/h6-15H,5H2,1-4H3,(H,22,23)/b13-10+. The molecule has 1 N–H and O–H groups in total. The van der Waals surface area contributed by atoms with Crippen molar-refractivity contribution in [3.05, 3.63) is 59.7 Å². The van der Waals surface area contributed by atoms with E-state index in [0.717, 1.165) is 23.2 Å². The van der Waals surface area contributed by atoms with E-state index in [4.69, 9.17) is 9.47 Å². The van der Waals surface area contributed by atoms with Gasteiger partial charge in [0.2, 0.25) is 5.91 Å². The molecular formula is C21H25NO3. The Morgan fingerprint density at radius 1 is 1.16 bits per heavy atom. The number of rotatable bonds is 7. The zero-order valence-corrected chi connectivity index (χ0v) is 15.2. The van der Waals surface area contributed by atoms with Crippen LogP contribution in [0.5, 0.6) is 11.5 Å². The van der Waals surface area contributed by atoms with Gasteiger partial charge in [0, 0.05) is 17.3 Å². The quantitative estimate of drug-likeness (QED) is 0.732. The summed E-state index contributed by atoms with van der Waals surface area (Å²) in [5, 5.41) is 2.96. The zero-order valence-electron chi connectivity index (χ0n) is 15.2. The fraction of sp³-hybridized carbons (Fsp3) is 0.286. The van der Waals surface area contributed by atoms with E-state index in [1.807, 2.05) is 36.4 Å². The lowest BCUT2D eigenvalue weighted by Crippen LogP contribution is -2.10. The largest absolute Gasteiger partial charge is 0.497 e. The van der Waals surface area contributed by atoms with Gasteiger partial charge in [-0.15, -0.1) is 0 Å². The fourth-order valence-electron chi connectivity index (χ4n) is 2.57. The molecule has 4 heteroatoms. The highest BCUT2D eigenvalue weighted by Crippen LogP contribution is 2.27. The van der Waals surface area contributed by atoms with E-state index in [0.29, 0.717) is 17.4 Å². The lowest BCUT2D eigenvalue weighted by Gasteiger charge is -2.14. The summed E-state index contributed by atoms with van der Waals surface area (Å²) in [5.74, 6) is 1.60. The third kappa shape index (κ3) is 4.86. The van der Waals surface area contributed by atoms with E-state index in [1.165, 1.54) is 6.08 Å². The van der Waals surface area contributed by atoms with Crippen LogP contribution in [0.4, 0.5) is 5.69 Å². The van der Waals surface area contributed by atoms with Crippen molar-refractivity contribution in [2.24, 2.45) is 0 Å². The van der Waals surface area contributed by atoms with Crippen molar-refractivity contribution in [3.8, 4) is 11.5 Å². The first-order valence-corrected chi connectivity index (χ1v) is 8.39. The fourth-order valence-corrected chi connectivity index (χ4v) is 2.57. The molecular weight excluding hydrogens is 314 g/mol. The number of carbonyl (C=O) groups excluding carboxylic acids is 1. The molecule has 1 unspecified atom stereocenters. The average molecular weight is 339 g/mol. The molecule has 0 spiro atoms. The lowest BCUT2D eigenvalue weighted by molar-refractivity contribution is -0.111. The van der Waals surface area contributed by atoms with Crippen LogP contribution < -0.4 is 14.8 Å². The number of ether oxygens (including phenoxy) is 2. The maximum atomic E-state index is 12.3. The molecule has 0 fully saturated rings. The van der Waals surface area contributed by atoms with Crippen LogP contribution in [0.1, 0.15) is 37.3 Å². The van der Waals surface area contributed by atoms with E-state index in [1.54, 1.807) is 20.3 Å². The van der Waals surface area contributed by atoms with Crippen molar-refractivity contribution >= 4 is 17.7 Å². The van der Waals surface area contributed by atoms with Crippen LogP contribution in [0, 0.1) is 0 Å². The summed E-state index contributed by atoms with van der Waals surface area (Å²) in [5.41, 5.74) is 2.78. The topological polar surface area (TPSA) is 47.6 Å². The van der Waals surface area contributed by atoms with E-state index in [2.05, 4.69) is 25.2 Å². The third-order valence-corrected chi connectivity index (χ3v) is 4.21. The van der Waals surface area contributed by atoms with E-state index in [9.17, 15) is 4.79 Å². The predicted octanol–water partition coefficient (Wildman–Crippen LogP) is 4.87. The first kappa shape index (κ1) is 18.6. The number of anilines is 1. The van der Waals surface area contributed by atoms with Crippen molar-refractivity contribution < 1.29 is 14.3 Å². The smallest absolute Gasteiger partial charge is 0.248 e. The predicted molar refractivity (Wildman–Crippen MR) is 102 cm³/mol. The van der Waals surface area contributed by atoms with Crippen molar-refractivity contribution in [3.63, 3.8) is 0 Å². The molecule has 4 nitrogen and oxygen atoms in total. The van der Waals surface area contributed by atoms with Gasteiger partial charge in [0.25, 0.3) is 0 Å². The Bertz CT molecular complexity index is 753. The minimum atomic E-state index is -0.180.